The highest BCUT2D eigenvalue weighted by Crippen LogP contribution is 2.12. The molecule has 1 aromatic rings. The minimum absolute atomic E-state index is 0.0638. The molecule has 1 aromatic carbocycles. The van der Waals surface area contributed by atoms with Crippen LogP contribution in [-0.4, -0.2) is 61.6 Å². The van der Waals surface area contributed by atoms with E-state index in [0.717, 1.165) is 64.5 Å². The second kappa shape index (κ2) is 10.4. The minimum atomic E-state index is 0.0638. The molecule has 0 aromatic heterocycles. The van der Waals surface area contributed by atoms with Crippen molar-refractivity contribution in [3.05, 3.63) is 29.8 Å². The number of nitrogens with one attached hydrogen (secondary N) is 1. The molecular weight excluding hydrogens is 302 g/mol. The van der Waals surface area contributed by atoms with Gasteiger partial charge in [-0.05, 0) is 37.2 Å². The van der Waals surface area contributed by atoms with E-state index in [0.29, 0.717) is 6.54 Å². The van der Waals surface area contributed by atoms with Gasteiger partial charge in [0, 0.05) is 25.3 Å². The normalized spacial score (nSPS) is 15.6. The van der Waals surface area contributed by atoms with Crippen molar-refractivity contribution in [2.24, 2.45) is 0 Å². The predicted molar refractivity (Wildman–Crippen MR) is 98.2 cm³/mol. The average Bonchev–Trinajstić information content (AvgIpc) is 2.61. The summed E-state index contributed by atoms with van der Waals surface area (Å²) in [6.07, 6.45) is 2.29. The number of benzene rings is 1. The van der Waals surface area contributed by atoms with Gasteiger partial charge in [-0.25, -0.2) is 0 Å². The van der Waals surface area contributed by atoms with Gasteiger partial charge in [0.2, 0.25) is 5.91 Å². The highest BCUT2D eigenvalue weighted by Gasteiger charge is 2.11. The maximum atomic E-state index is 12.2. The molecule has 0 aliphatic carbocycles. The van der Waals surface area contributed by atoms with Crippen LogP contribution in [0.3, 0.4) is 0 Å². The summed E-state index contributed by atoms with van der Waals surface area (Å²) >= 11 is 0. The van der Waals surface area contributed by atoms with Crippen LogP contribution < -0.4 is 5.32 Å². The number of rotatable bonds is 9. The second-order valence-corrected chi connectivity index (χ2v) is 6.36. The smallest absolute Gasteiger partial charge is 0.238 e. The van der Waals surface area contributed by atoms with Gasteiger partial charge in [0.15, 0.2) is 0 Å². The molecule has 134 valence electrons. The lowest BCUT2D eigenvalue weighted by Gasteiger charge is -2.26. The summed E-state index contributed by atoms with van der Waals surface area (Å²) in [5.74, 6) is 0.0638. The van der Waals surface area contributed by atoms with E-state index in [1.54, 1.807) is 0 Å². The van der Waals surface area contributed by atoms with Gasteiger partial charge >= 0.3 is 0 Å². The highest BCUT2D eigenvalue weighted by atomic mass is 16.5. The Hall–Kier alpha value is -1.43. The zero-order valence-electron chi connectivity index (χ0n) is 15.1. The number of unbranched alkanes of at least 4 members (excludes halogenated alkanes) is 1. The van der Waals surface area contributed by atoms with Crippen LogP contribution in [0.25, 0.3) is 0 Å². The quantitative estimate of drug-likeness (QED) is 0.754. The monoisotopic (exact) mass is 333 g/mol. The Morgan fingerprint density at radius 1 is 1.21 bits per heavy atom. The molecule has 1 amide bonds. The fourth-order valence-electron chi connectivity index (χ4n) is 2.85. The van der Waals surface area contributed by atoms with Crippen LogP contribution >= 0.6 is 0 Å². The number of amides is 1. The first-order valence-electron chi connectivity index (χ1n) is 9.12. The summed E-state index contributed by atoms with van der Waals surface area (Å²) < 4.78 is 5.37. The first kappa shape index (κ1) is 18.9. The van der Waals surface area contributed by atoms with E-state index in [1.807, 2.05) is 12.1 Å². The molecule has 1 saturated heterocycles. The summed E-state index contributed by atoms with van der Waals surface area (Å²) in [5, 5.41) is 3.00. The molecule has 0 atom stereocenters. The molecule has 1 heterocycles. The molecule has 0 bridgehead atoms. The number of likely N-dealkylation sites (N-methyl/N-ethyl adjacent to an activating group) is 1. The summed E-state index contributed by atoms with van der Waals surface area (Å²) in [7, 11) is 0. The lowest BCUT2D eigenvalue weighted by atomic mass is 10.2. The van der Waals surface area contributed by atoms with Crippen molar-refractivity contribution in [1.82, 2.24) is 9.80 Å². The molecule has 5 nitrogen and oxygen atoms in total. The van der Waals surface area contributed by atoms with E-state index in [4.69, 9.17) is 4.74 Å². The molecule has 1 N–H and O–H groups in total. The first-order valence-corrected chi connectivity index (χ1v) is 9.12. The fourth-order valence-corrected chi connectivity index (χ4v) is 2.85. The Kier molecular flexibility index (Phi) is 8.22. The molecule has 5 heteroatoms. The maximum Gasteiger partial charge on any atom is 0.238 e. The third-order valence-corrected chi connectivity index (χ3v) is 4.39. The molecule has 0 saturated carbocycles. The van der Waals surface area contributed by atoms with Crippen LogP contribution in [-0.2, 0) is 16.1 Å². The molecule has 0 unspecified atom stereocenters. The Morgan fingerprint density at radius 3 is 2.54 bits per heavy atom. The fraction of sp³-hybridized carbons (Fsp3) is 0.632. The molecule has 1 fully saturated rings. The molecule has 1 aliphatic rings. The van der Waals surface area contributed by atoms with Gasteiger partial charge in [-0.3, -0.25) is 14.6 Å². The van der Waals surface area contributed by atoms with Crippen LogP contribution in [0.2, 0.25) is 0 Å². The van der Waals surface area contributed by atoms with Crippen LogP contribution in [0.1, 0.15) is 32.3 Å². The van der Waals surface area contributed by atoms with E-state index in [-0.39, 0.29) is 5.91 Å². The second-order valence-electron chi connectivity index (χ2n) is 6.36. The van der Waals surface area contributed by atoms with Crippen LogP contribution in [0, 0.1) is 0 Å². The van der Waals surface area contributed by atoms with Gasteiger partial charge in [0.1, 0.15) is 0 Å². The third kappa shape index (κ3) is 6.59. The largest absolute Gasteiger partial charge is 0.379 e. The van der Waals surface area contributed by atoms with Crippen molar-refractivity contribution >= 4 is 11.6 Å². The van der Waals surface area contributed by atoms with E-state index in [2.05, 4.69) is 41.1 Å². The first-order chi connectivity index (χ1) is 11.7. The van der Waals surface area contributed by atoms with Crippen molar-refractivity contribution in [3.63, 3.8) is 0 Å². The zero-order valence-corrected chi connectivity index (χ0v) is 15.1. The van der Waals surface area contributed by atoms with Crippen LogP contribution in [0.15, 0.2) is 24.3 Å². The molecule has 0 radical (unpaired) electrons. The molecular formula is C19H31N3O2. The Bertz CT molecular complexity index is 484. The molecule has 1 aliphatic heterocycles. The molecule has 24 heavy (non-hydrogen) atoms. The van der Waals surface area contributed by atoms with Gasteiger partial charge in [0.05, 0.1) is 19.8 Å². The number of morpholine rings is 1. The van der Waals surface area contributed by atoms with Crippen molar-refractivity contribution in [2.45, 2.75) is 33.2 Å². The van der Waals surface area contributed by atoms with Crippen molar-refractivity contribution < 1.29 is 9.53 Å². The Labute approximate surface area is 146 Å². The summed E-state index contributed by atoms with van der Waals surface area (Å²) in [6, 6.07) is 8.19. The van der Waals surface area contributed by atoms with Crippen molar-refractivity contribution in [3.8, 4) is 0 Å². The standard InChI is InChI=1S/C19H31N3O2/c1-3-5-10-21(4-2)16-19(23)20-18-8-6-17(7-9-18)15-22-11-13-24-14-12-22/h6-9H,3-5,10-16H2,1-2H3,(H,20,23). The van der Waals surface area contributed by atoms with Gasteiger partial charge < -0.3 is 10.1 Å². The molecule has 0 spiro atoms. The van der Waals surface area contributed by atoms with E-state index >= 15 is 0 Å². The average molecular weight is 333 g/mol. The van der Waals surface area contributed by atoms with Gasteiger partial charge in [-0.15, -0.1) is 0 Å². The third-order valence-electron chi connectivity index (χ3n) is 4.39. The number of anilines is 1. The summed E-state index contributed by atoms with van der Waals surface area (Å²) in [5.41, 5.74) is 2.14. The number of hydrogen-bond donors (Lipinski definition) is 1. The van der Waals surface area contributed by atoms with Crippen LogP contribution in [0.4, 0.5) is 5.69 Å². The molecule has 2 rings (SSSR count). The number of nitrogens with zero attached hydrogens (tertiary/aromatic N) is 2. The SMILES string of the molecule is CCCCN(CC)CC(=O)Nc1ccc(CN2CCOCC2)cc1. The Balaban J connectivity index is 1.78. The van der Waals surface area contributed by atoms with Gasteiger partial charge in [-0.1, -0.05) is 32.4 Å². The zero-order chi connectivity index (χ0) is 17.2. The van der Waals surface area contributed by atoms with E-state index < -0.39 is 0 Å². The number of hydrogen-bond acceptors (Lipinski definition) is 4. The lowest BCUT2D eigenvalue weighted by molar-refractivity contribution is -0.117. The minimum Gasteiger partial charge on any atom is -0.379 e. The number of carbonyl (C=O) groups excluding carboxylic acids is 1. The van der Waals surface area contributed by atoms with Gasteiger partial charge in [-0.2, -0.15) is 0 Å². The maximum absolute atomic E-state index is 12.2. The van der Waals surface area contributed by atoms with Crippen molar-refractivity contribution in [1.29, 1.82) is 0 Å². The Morgan fingerprint density at radius 2 is 1.92 bits per heavy atom. The van der Waals surface area contributed by atoms with E-state index in [1.165, 1.54) is 5.56 Å². The highest BCUT2D eigenvalue weighted by molar-refractivity contribution is 5.92. The number of carbonyl (C=O) groups is 1. The van der Waals surface area contributed by atoms with E-state index in [9.17, 15) is 4.79 Å². The topological polar surface area (TPSA) is 44.8 Å². The van der Waals surface area contributed by atoms with Gasteiger partial charge in [0.25, 0.3) is 0 Å². The number of ether oxygens (including phenoxy) is 1. The van der Waals surface area contributed by atoms with Crippen LogP contribution in [0.5, 0.6) is 0 Å². The summed E-state index contributed by atoms with van der Waals surface area (Å²) in [4.78, 5) is 16.8. The summed E-state index contributed by atoms with van der Waals surface area (Å²) in [6.45, 7) is 11.2. The predicted octanol–water partition coefficient (Wildman–Crippen LogP) is 2.58. The van der Waals surface area contributed by atoms with Crippen molar-refractivity contribution in [2.75, 3.05) is 51.3 Å². The lowest BCUT2D eigenvalue weighted by Crippen LogP contribution is -2.35.